The van der Waals surface area contributed by atoms with E-state index in [1.165, 1.54) is 5.56 Å². The summed E-state index contributed by atoms with van der Waals surface area (Å²) < 4.78 is 27.1. The van der Waals surface area contributed by atoms with E-state index in [-0.39, 0.29) is 25.0 Å². The van der Waals surface area contributed by atoms with Crippen molar-refractivity contribution in [3.63, 3.8) is 0 Å². The first-order valence-electron chi connectivity index (χ1n) is 10.6. The summed E-state index contributed by atoms with van der Waals surface area (Å²) in [6.45, 7) is 2.62. The molecular weight excluding hydrogens is 448 g/mol. The number of methoxy groups -OCH3 is 4. The monoisotopic (exact) mass is 480 g/mol. The van der Waals surface area contributed by atoms with Crippen molar-refractivity contribution >= 4 is 18.3 Å². The highest BCUT2D eigenvalue weighted by molar-refractivity contribution is 5.98. The van der Waals surface area contributed by atoms with Gasteiger partial charge in [-0.05, 0) is 44.1 Å². The second-order valence-electron chi connectivity index (χ2n) is 7.64. The van der Waals surface area contributed by atoms with Crippen molar-refractivity contribution in [1.82, 2.24) is 9.80 Å². The van der Waals surface area contributed by atoms with Gasteiger partial charge < -0.3 is 33.5 Å². The van der Waals surface area contributed by atoms with Crippen LogP contribution in [0.15, 0.2) is 30.3 Å². The highest BCUT2D eigenvalue weighted by Gasteiger charge is 2.27. The Morgan fingerprint density at radius 3 is 2.21 bits per heavy atom. The third-order valence-electron chi connectivity index (χ3n) is 5.58. The van der Waals surface area contributed by atoms with Crippen molar-refractivity contribution in [1.29, 1.82) is 0 Å². The smallest absolute Gasteiger partial charge is 0.260 e. The maximum atomic E-state index is 12.9. The molecule has 0 unspecified atom stereocenters. The Labute approximate surface area is 201 Å². The fourth-order valence-electron chi connectivity index (χ4n) is 3.69. The number of rotatable bonds is 11. The summed E-state index contributed by atoms with van der Waals surface area (Å²) in [4.78, 5) is 16.9. The van der Waals surface area contributed by atoms with Gasteiger partial charge in [-0.15, -0.1) is 12.4 Å². The molecule has 0 spiro atoms. The van der Waals surface area contributed by atoms with Crippen molar-refractivity contribution in [2.75, 3.05) is 61.9 Å². The normalized spacial score (nSPS) is 12.5. The molecular formula is C24H33ClN2O6. The quantitative estimate of drug-likeness (QED) is 0.487. The van der Waals surface area contributed by atoms with Crippen LogP contribution in [0.5, 0.6) is 28.7 Å². The summed E-state index contributed by atoms with van der Waals surface area (Å²) in [7, 11) is 8.47. The number of hydrogen-bond donors (Lipinski definition) is 0. The number of carbonyl (C=O) groups excluding carboxylic acids is 1. The number of fused-ring (bicyclic) bond motifs is 1. The Bertz CT molecular complexity index is 939. The van der Waals surface area contributed by atoms with Crippen LogP contribution < -0.4 is 23.7 Å². The molecule has 0 fully saturated rings. The van der Waals surface area contributed by atoms with Gasteiger partial charge in [0.1, 0.15) is 5.75 Å². The Balaban J connectivity index is 0.00000385. The molecule has 33 heavy (non-hydrogen) atoms. The number of halogens is 1. The Kier molecular flexibility index (Phi) is 9.94. The second kappa shape index (κ2) is 12.4. The fraction of sp³-hybridized carbons (Fsp3) is 0.458. The van der Waals surface area contributed by atoms with Gasteiger partial charge in [0, 0.05) is 25.2 Å². The molecule has 0 N–H and O–H groups in total. The van der Waals surface area contributed by atoms with Gasteiger partial charge in [-0.1, -0.05) is 6.07 Å². The molecule has 0 radical (unpaired) electrons. The second-order valence-corrected chi connectivity index (χ2v) is 7.64. The SMILES string of the molecule is COc1ccc(CCN(C)CCCN2COc3cc(OC)c(OC)cc3C2=O)cc1OC.Cl. The lowest BCUT2D eigenvalue weighted by Gasteiger charge is -2.30. The molecule has 3 rings (SSSR count). The van der Waals surface area contributed by atoms with Gasteiger partial charge in [0.15, 0.2) is 29.7 Å². The third-order valence-corrected chi connectivity index (χ3v) is 5.58. The average molecular weight is 481 g/mol. The highest BCUT2D eigenvalue weighted by atomic mass is 35.5. The molecule has 1 amide bonds. The van der Waals surface area contributed by atoms with Crippen molar-refractivity contribution in [2.24, 2.45) is 0 Å². The zero-order valence-corrected chi connectivity index (χ0v) is 20.7. The van der Waals surface area contributed by atoms with E-state index < -0.39 is 0 Å². The third kappa shape index (κ3) is 6.36. The molecule has 182 valence electrons. The van der Waals surface area contributed by atoms with Gasteiger partial charge in [0.25, 0.3) is 5.91 Å². The summed E-state index contributed by atoms with van der Waals surface area (Å²) in [6, 6.07) is 9.37. The molecule has 1 aliphatic rings. The summed E-state index contributed by atoms with van der Waals surface area (Å²) >= 11 is 0. The summed E-state index contributed by atoms with van der Waals surface area (Å²) in [5.41, 5.74) is 1.69. The molecule has 1 aliphatic heterocycles. The molecule has 0 atom stereocenters. The van der Waals surface area contributed by atoms with Crippen molar-refractivity contribution in [3.8, 4) is 28.7 Å². The van der Waals surface area contributed by atoms with Crippen LogP contribution in [0.25, 0.3) is 0 Å². The van der Waals surface area contributed by atoms with Crippen LogP contribution in [0.2, 0.25) is 0 Å². The van der Waals surface area contributed by atoms with E-state index in [4.69, 9.17) is 23.7 Å². The number of ether oxygens (including phenoxy) is 5. The number of carbonyl (C=O) groups is 1. The Morgan fingerprint density at radius 1 is 0.909 bits per heavy atom. The lowest BCUT2D eigenvalue weighted by atomic mass is 10.1. The molecule has 2 aromatic rings. The molecule has 0 aromatic heterocycles. The van der Waals surface area contributed by atoms with Crippen LogP contribution in [0.1, 0.15) is 22.3 Å². The molecule has 0 saturated heterocycles. The Hall–Kier alpha value is -2.84. The zero-order chi connectivity index (χ0) is 23.1. The van der Waals surface area contributed by atoms with Crippen molar-refractivity contribution < 1.29 is 28.5 Å². The van der Waals surface area contributed by atoms with E-state index in [1.807, 2.05) is 12.1 Å². The predicted molar refractivity (Wildman–Crippen MR) is 129 cm³/mol. The summed E-state index contributed by atoms with van der Waals surface area (Å²) in [5, 5.41) is 0. The van der Waals surface area contributed by atoms with Gasteiger partial charge in [0.05, 0.1) is 34.0 Å². The first kappa shape index (κ1) is 26.4. The minimum Gasteiger partial charge on any atom is -0.493 e. The van der Waals surface area contributed by atoms with Crippen LogP contribution in [-0.4, -0.2) is 77.6 Å². The topological polar surface area (TPSA) is 69.7 Å². The van der Waals surface area contributed by atoms with Crippen LogP contribution in [-0.2, 0) is 6.42 Å². The zero-order valence-electron chi connectivity index (χ0n) is 19.9. The summed E-state index contributed by atoms with van der Waals surface area (Å²) in [5.74, 6) is 3.00. The van der Waals surface area contributed by atoms with E-state index in [9.17, 15) is 4.79 Å². The van der Waals surface area contributed by atoms with Gasteiger partial charge in [0.2, 0.25) is 0 Å². The number of nitrogens with zero attached hydrogens (tertiary/aromatic N) is 2. The number of likely N-dealkylation sites (N-methyl/N-ethyl adjacent to an activating group) is 1. The molecule has 1 heterocycles. The first-order valence-corrected chi connectivity index (χ1v) is 10.6. The number of amides is 1. The lowest BCUT2D eigenvalue weighted by molar-refractivity contribution is 0.0510. The maximum Gasteiger partial charge on any atom is 0.260 e. The fourth-order valence-corrected chi connectivity index (χ4v) is 3.69. The average Bonchev–Trinajstić information content (AvgIpc) is 2.83. The van der Waals surface area contributed by atoms with Crippen LogP contribution >= 0.6 is 12.4 Å². The minimum atomic E-state index is -0.0554. The predicted octanol–water partition coefficient (Wildman–Crippen LogP) is 3.50. The van der Waals surface area contributed by atoms with E-state index in [2.05, 4.69) is 18.0 Å². The minimum absolute atomic E-state index is 0. The molecule has 2 aromatic carbocycles. The molecule has 0 bridgehead atoms. The van der Waals surface area contributed by atoms with Gasteiger partial charge in [-0.2, -0.15) is 0 Å². The molecule has 8 nitrogen and oxygen atoms in total. The summed E-state index contributed by atoms with van der Waals surface area (Å²) in [6.07, 6.45) is 1.75. The Morgan fingerprint density at radius 2 is 1.55 bits per heavy atom. The van der Waals surface area contributed by atoms with E-state index in [0.29, 0.717) is 29.4 Å². The van der Waals surface area contributed by atoms with Gasteiger partial charge in [-0.3, -0.25) is 4.79 Å². The largest absolute Gasteiger partial charge is 0.493 e. The standard InChI is InChI=1S/C24H32N2O6.ClH/c1-25(12-9-17-7-8-19(28-2)21(13-17)29-3)10-6-11-26-16-32-20-15-23(31-5)22(30-4)14-18(20)24(26)27;/h7-8,13-15H,6,9-12,16H2,1-5H3;1H. The van der Waals surface area contributed by atoms with E-state index in [1.54, 1.807) is 45.5 Å². The molecule has 0 saturated carbocycles. The molecule has 0 aliphatic carbocycles. The molecule has 9 heteroatoms. The maximum absolute atomic E-state index is 12.9. The highest BCUT2D eigenvalue weighted by Crippen LogP contribution is 2.37. The first-order chi connectivity index (χ1) is 15.5. The van der Waals surface area contributed by atoms with Gasteiger partial charge >= 0.3 is 0 Å². The van der Waals surface area contributed by atoms with Crippen molar-refractivity contribution in [3.05, 3.63) is 41.5 Å². The van der Waals surface area contributed by atoms with E-state index >= 15 is 0 Å². The number of benzene rings is 2. The van der Waals surface area contributed by atoms with Crippen LogP contribution in [0.4, 0.5) is 0 Å². The van der Waals surface area contributed by atoms with Crippen molar-refractivity contribution in [2.45, 2.75) is 12.8 Å². The van der Waals surface area contributed by atoms with Crippen LogP contribution in [0, 0.1) is 0 Å². The van der Waals surface area contributed by atoms with E-state index in [0.717, 1.165) is 37.4 Å². The van der Waals surface area contributed by atoms with Gasteiger partial charge in [-0.25, -0.2) is 0 Å². The van der Waals surface area contributed by atoms with Crippen LogP contribution in [0.3, 0.4) is 0 Å². The number of hydrogen-bond acceptors (Lipinski definition) is 7. The lowest BCUT2D eigenvalue weighted by Crippen LogP contribution is -2.40.